The number of hydrogen-bond donors (Lipinski definition) is 1. The molecule has 0 aromatic heterocycles. The first-order chi connectivity index (χ1) is 15.1. The zero-order valence-electron chi connectivity index (χ0n) is 17.0. The average molecular weight is 416 g/mol. The summed E-state index contributed by atoms with van der Waals surface area (Å²) in [4.78, 5) is 23.9. The Morgan fingerprint density at radius 2 is 1.52 bits per heavy atom. The lowest BCUT2D eigenvalue weighted by Gasteiger charge is -2.21. The van der Waals surface area contributed by atoms with E-state index in [1.54, 1.807) is 31.4 Å². The summed E-state index contributed by atoms with van der Waals surface area (Å²) in [7, 11) is 1.55. The smallest absolute Gasteiger partial charge is 0.407 e. The third kappa shape index (κ3) is 4.38. The molecule has 0 spiro atoms. The van der Waals surface area contributed by atoms with E-state index in [-0.39, 0.29) is 18.9 Å². The third-order valence-corrected chi connectivity index (χ3v) is 5.52. The Morgan fingerprint density at radius 3 is 2.06 bits per heavy atom. The van der Waals surface area contributed by atoms with Gasteiger partial charge >= 0.3 is 6.09 Å². The molecule has 3 aromatic carbocycles. The van der Waals surface area contributed by atoms with Crippen molar-refractivity contribution in [1.82, 2.24) is 5.32 Å². The molecule has 6 nitrogen and oxygen atoms in total. The zero-order valence-corrected chi connectivity index (χ0v) is 17.0. The van der Waals surface area contributed by atoms with Crippen molar-refractivity contribution in [3.8, 4) is 16.9 Å². The Morgan fingerprint density at radius 1 is 0.935 bits per heavy atom. The average Bonchev–Trinajstić information content (AvgIpc) is 3.11. The third-order valence-electron chi connectivity index (χ3n) is 5.52. The molecular formula is C25H22NO5-. The highest BCUT2D eigenvalue weighted by Crippen LogP contribution is 2.44. The summed E-state index contributed by atoms with van der Waals surface area (Å²) in [5.41, 5.74) is 5.16. The second-order valence-electron chi connectivity index (χ2n) is 7.39. The van der Waals surface area contributed by atoms with Crippen molar-refractivity contribution in [2.24, 2.45) is 0 Å². The van der Waals surface area contributed by atoms with Crippen LogP contribution in [0.3, 0.4) is 0 Å². The molecule has 0 aliphatic heterocycles. The summed E-state index contributed by atoms with van der Waals surface area (Å²) in [6.07, 6.45) is -0.708. The minimum absolute atomic E-state index is 0.0799. The number of amides is 1. The van der Waals surface area contributed by atoms with Crippen molar-refractivity contribution in [2.75, 3.05) is 13.7 Å². The number of alkyl carbamates (subject to hydrolysis) is 1. The van der Waals surface area contributed by atoms with Crippen LogP contribution in [0.15, 0.2) is 72.8 Å². The summed E-state index contributed by atoms with van der Waals surface area (Å²) in [5.74, 6) is -0.802. The second-order valence-corrected chi connectivity index (χ2v) is 7.39. The predicted molar refractivity (Wildman–Crippen MR) is 114 cm³/mol. The van der Waals surface area contributed by atoms with Gasteiger partial charge < -0.3 is 24.7 Å². The largest absolute Gasteiger partial charge is 0.548 e. The van der Waals surface area contributed by atoms with Gasteiger partial charge in [0.05, 0.1) is 19.1 Å². The van der Waals surface area contributed by atoms with Gasteiger partial charge in [0.15, 0.2) is 0 Å². The van der Waals surface area contributed by atoms with Gasteiger partial charge in [-0.2, -0.15) is 0 Å². The quantitative estimate of drug-likeness (QED) is 0.640. The van der Waals surface area contributed by atoms with Gasteiger partial charge in [0, 0.05) is 5.92 Å². The molecule has 0 saturated carbocycles. The highest BCUT2D eigenvalue weighted by atomic mass is 16.5. The van der Waals surface area contributed by atoms with Crippen LogP contribution in [0.2, 0.25) is 0 Å². The maximum Gasteiger partial charge on any atom is 0.407 e. The molecule has 1 aliphatic carbocycles. The van der Waals surface area contributed by atoms with Crippen molar-refractivity contribution in [3.05, 3.63) is 89.5 Å². The predicted octanol–water partition coefficient (Wildman–Crippen LogP) is 2.89. The number of nitrogens with one attached hydrogen (secondary N) is 1. The van der Waals surface area contributed by atoms with Crippen LogP contribution in [0.1, 0.15) is 22.6 Å². The molecule has 1 amide bonds. The fraction of sp³-hybridized carbons (Fsp3) is 0.200. The molecule has 0 saturated heterocycles. The number of carbonyl (C=O) groups is 2. The van der Waals surface area contributed by atoms with Gasteiger partial charge in [-0.15, -0.1) is 0 Å². The molecule has 6 heteroatoms. The fourth-order valence-electron chi connectivity index (χ4n) is 3.97. The summed E-state index contributed by atoms with van der Waals surface area (Å²) < 4.78 is 10.5. The van der Waals surface area contributed by atoms with Gasteiger partial charge in [0.1, 0.15) is 12.4 Å². The maximum atomic E-state index is 12.4. The molecule has 0 bridgehead atoms. The number of carboxylic acids is 1. The molecule has 1 N–H and O–H groups in total. The van der Waals surface area contributed by atoms with Gasteiger partial charge in [-0.05, 0) is 46.4 Å². The molecule has 0 unspecified atom stereocenters. The van der Waals surface area contributed by atoms with Crippen LogP contribution < -0.4 is 15.2 Å². The van der Waals surface area contributed by atoms with E-state index in [1.807, 2.05) is 36.4 Å². The van der Waals surface area contributed by atoms with Gasteiger partial charge in [0.2, 0.25) is 0 Å². The Kier molecular flexibility index (Phi) is 5.89. The van der Waals surface area contributed by atoms with E-state index in [0.29, 0.717) is 5.75 Å². The Labute approximate surface area is 180 Å². The van der Waals surface area contributed by atoms with Crippen molar-refractivity contribution < 1.29 is 24.2 Å². The molecule has 4 rings (SSSR count). The molecule has 158 valence electrons. The van der Waals surface area contributed by atoms with E-state index >= 15 is 0 Å². The highest BCUT2D eigenvalue weighted by molar-refractivity contribution is 5.80. The molecule has 0 heterocycles. The minimum atomic E-state index is -1.37. The highest BCUT2D eigenvalue weighted by Gasteiger charge is 2.29. The van der Waals surface area contributed by atoms with Gasteiger partial charge in [0.25, 0.3) is 0 Å². The number of ether oxygens (including phenoxy) is 2. The molecule has 1 aliphatic rings. The van der Waals surface area contributed by atoms with E-state index in [0.717, 1.165) is 27.8 Å². The maximum absolute atomic E-state index is 12.4. The van der Waals surface area contributed by atoms with Gasteiger partial charge in [-0.1, -0.05) is 60.7 Å². The minimum Gasteiger partial charge on any atom is -0.548 e. The molecule has 1 atom stereocenters. The van der Waals surface area contributed by atoms with E-state index in [1.165, 1.54) is 0 Å². The molecule has 0 radical (unpaired) electrons. The van der Waals surface area contributed by atoms with Gasteiger partial charge in [-0.3, -0.25) is 0 Å². The van der Waals surface area contributed by atoms with Crippen LogP contribution >= 0.6 is 0 Å². The number of methoxy groups -OCH3 is 1. The number of hydrogen-bond acceptors (Lipinski definition) is 5. The lowest BCUT2D eigenvalue weighted by molar-refractivity contribution is -0.308. The number of benzene rings is 3. The molecule has 0 fully saturated rings. The summed E-state index contributed by atoms with van der Waals surface area (Å²) in [6.45, 7) is 0.113. The molecule has 3 aromatic rings. The normalized spacial score (nSPS) is 13.1. The zero-order chi connectivity index (χ0) is 21.8. The van der Waals surface area contributed by atoms with E-state index < -0.39 is 18.1 Å². The monoisotopic (exact) mass is 416 g/mol. The Hall–Kier alpha value is -3.80. The van der Waals surface area contributed by atoms with E-state index in [9.17, 15) is 14.7 Å². The standard InChI is InChI=1S/C25H23NO5/c1-30-17-12-10-16(11-13-17)14-23(24(27)28)26-25(29)31-15-22-20-8-4-2-6-18(20)19-7-3-5-9-21(19)22/h2-13,22-23H,14-15H2,1H3,(H,26,29)(H,27,28)/p-1/t23-/m0/s1. The number of carbonyl (C=O) groups excluding carboxylic acids is 2. The lowest BCUT2D eigenvalue weighted by atomic mass is 9.98. The number of fused-ring (bicyclic) bond motifs is 3. The van der Waals surface area contributed by atoms with Crippen LogP contribution in [-0.2, 0) is 16.0 Å². The SMILES string of the molecule is COc1ccc(C[C@H](NC(=O)OCC2c3ccccc3-c3ccccc32)C(=O)[O-])cc1. The number of rotatable bonds is 7. The Bertz CT molecular complexity index is 1050. The summed E-state index contributed by atoms with van der Waals surface area (Å²) in [5, 5.41) is 14.0. The van der Waals surface area contributed by atoms with Crippen LogP contribution in [0.4, 0.5) is 4.79 Å². The first-order valence-electron chi connectivity index (χ1n) is 10.0. The number of carboxylic acid groups (broad SMARTS) is 1. The fourth-order valence-corrected chi connectivity index (χ4v) is 3.97. The lowest BCUT2D eigenvalue weighted by Crippen LogP contribution is -2.49. The van der Waals surface area contributed by atoms with Crippen molar-refractivity contribution in [3.63, 3.8) is 0 Å². The van der Waals surface area contributed by atoms with Crippen LogP contribution in [0.25, 0.3) is 11.1 Å². The van der Waals surface area contributed by atoms with Crippen molar-refractivity contribution in [2.45, 2.75) is 18.4 Å². The Balaban J connectivity index is 1.41. The van der Waals surface area contributed by atoms with E-state index in [4.69, 9.17) is 9.47 Å². The molecule has 31 heavy (non-hydrogen) atoms. The molecular weight excluding hydrogens is 394 g/mol. The summed E-state index contributed by atoms with van der Waals surface area (Å²) >= 11 is 0. The van der Waals surface area contributed by atoms with Crippen LogP contribution in [0, 0.1) is 0 Å². The topological polar surface area (TPSA) is 87.7 Å². The first-order valence-corrected chi connectivity index (χ1v) is 10.0. The van der Waals surface area contributed by atoms with Crippen molar-refractivity contribution in [1.29, 1.82) is 0 Å². The van der Waals surface area contributed by atoms with Crippen LogP contribution in [0.5, 0.6) is 5.75 Å². The van der Waals surface area contributed by atoms with Crippen molar-refractivity contribution >= 4 is 12.1 Å². The first kappa shape index (κ1) is 20.5. The summed E-state index contributed by atoms with van der Waals surface area (Å²) in [6, 6.07) is 21.8. The van der Waals surface area contributed by atoms with Crippen LogP contribution in [-0.4, -0.2) is 31.8 Å². The second kappa shape index (κ2) is 8.92. The van der Waals surface area contributed by atoms with E-state index in [2.05, 4.69) is 17.4 Å². The van der Waals surface area contributed by atoms with Gasteiger partial charge in [-0.25, -0.2) is 4.79 Å². The number of aliphatic carboxylic acids is 1.